The van der Waals surface area contributed by atoms with Crippen LogP contribution in [0.5, 0.6) is 0 Å². The van der Waals surface area contributed by atoms with E-state index < -0.39 is 0 Å². The molecule has 0 heterocycles. The molecule has 2 rings (SSSR count). The summed E-state index contributed by atoms with van der Waals surface area (Å²) < 4.78 is 0. The molecule has 1 aromatic rings. The number of anilines is 1. The number of Topliss-reactive ketones (excluding diaryl/α,β-unsaturated/α-hetero) is 1. The molecule has 0 radical (unpaired) electrons. The van der Waals surface area contributed by atoms with Crippen molar-refractivity contribution in [2.75, 3.05) is 5.32 Å². The van der Waals surface area contributed by atoms with E-state index in [0.29, 0.717) is 23.3 Å². The van der Waals surface area contributed by atoms with Crippen molar-refractivity contribution in [3.05, 3.63) is 29.8 Å². The Morgan fingerprint density at radius 3 is 2.32 bits per heavy atom. The molecule has 0 aromatic heterocycles. The van der Waals surface area contributed by atoms with Crippen LogP contribution >= 0.6 is 0 Å². The molecule has 1 aliphatic rings. The first-order chi connectivity index (χ1) is 10.4. The van der Waals surface area contributed by atoms with Crippen molar-refractivity contribution >= 4 is 17.4 Å². The first kappa shape index (κ1) is 16.7. The highest BCUT2D eigenvalue weighted by Crippen LogP contribution is 2.38. The van der Waals surface area contributed by atoms with Gasteiger partial charge < -0.3 is 5.32 Å². The van der Waals surface area contributed by atoms with Crippen LogP contribution < -0.4 is 5.32 Å². The van der Waals surface area contributed by atoms with Crippen LogP contribution in [0.4, 0.5) is 5.69 Å². The molecule has 3 atom stereocenters. The average molecular weight is 301 g/mol. The summed E-state index contributed by atoms with van der Waals surface area (Å²) in [6.45, 7) is 8.20. The fraction of sp³-hybridized carbons (Fsp3) is 0.579. The summed E-state index contributed by atoms with van der Waals surface area (Å²) in [6, 6.07) is 7.15. The fourth-order valence-corrected chi connectivity index (χ4v) is 3.53. The summed E-state index contributed by atoms with van der Waals surface area (Å²) in [5, 5.41) is 3.03. The molecule has 1 saturated carbocycles. The van der Waals surface area contributed by atoms with Gasteiger partial charge in [-0.1, -0.05) is 27.2 Å². The van der Waals surface area contributed by atoms with Crippen LogP contribution in [0.1, 0.15) is 57.3 Å². The summed E-state index contributed by atoms with van der Waals surface area (Å²) in [6.07, 6.45) is 3.33. The zero-order valence-corrected chi connectivity index (χ0v) is 14.1. The second-order valence-corrected chi connectivity index (χ2v) is 7.06. The molecule has 1 fully saturated rings. The topological polar surface area (TPSA) is 46.2 Å². The van der Waals surface area contributed by atoms with Gasteiger partial charge in [-0.05, 0) is 61.8 Å². The molecule has 0 spiro atoms. The monoisotopic (exact) mass is 301 g/mol. The van der Waals surface area contributed by atoms with Gasteiger partial charge in [-0.25, -0.2) is 0 Å². The Morgan fingerprint density at radius 2 is 1.77 bits per heavy atom. The molecule has 1 aliphatic carbocycles. The number of ketones is 1. The van der Waals surface area contributed by atoms with E-state index in [0.717, 1.165) is 18.5 Å². The maximum atomic E-state index is 12.7. The summed E-state index contributed by atoms with van der Waals surface area (Å²) in [5.74, 6) is 1.87. The Balaban J connectivity index is 2.07. The van der Waals surface area contributed by atoms with Crippen LogP contribution in [0.2, 0.25) is 0 Å². The van der Waals surface area contributed by atoms with E-state index in [1.165, 1.54) is 6.42 Å². The first-order valence-corrected chi connectivity index (χ1v) is 8.30. The molecular weight excluding hydrogens is 274 g/mol. The number of hydrogen-bond donors (Lipinski definition) is 1. The predicted octanol–water partition coefficient (Wildman–Crippen LogP) is 4.54. The molecule has 22 heavy (non-hydrogen) atoms. The van der Waals surface area contributed by atoms with Crippen LogP contribution in [-0.4, -0.2) is 11.7 Å². The van der Waals surface area contributed by atoms with Gasteiger partial charge in [0, 0.05) is 17.2 Å². The van der Waals surface area contributed by atoms with E-state index in [2.05, 4.69) is 26.1 Å². The number of rotatable bonds is 4. The Bertz CT molecular complexity index is 533. The van der Waals surface area contributed by atoms with Gasteiger partial charge in [0.15, 0.2) is 5.78 Å². The van der Waals surface area contributed by atoms with Crippen LogP contribution in [0, 0.1) is 23.7 Å². The largest absolute Gasteiger partial charge is 0.326 e. The van der Waals surface area contributed by atoms with E-state index >= 15 is 0 Å². The molecule has 1 aromatic carbocycles. The summed E-state index contributed by atoms with van der Waals surface area (Å²) in [7, 11) is 0. The lowest BCUT2D eigenvalue weighted by Crippen LogP contribution is -2.36. The molecule has 0 aliphatic heterocycles. The number of amides is 1. The number of hydrogen-bond acceptors (Lipinski definition) is 2. The Labute approximate surface area is 133 Å². The van der Waals surface area contributed by atoms with Gasteiger partial charge in [-0.15, -0.1) is 0 Å². The number of carbonyl (C=O) groups is 2. The third-order valence-corrected chi connectivity index (χ3v) is 4.92. The summed E-state index contributed by atoms with van der Waals surface area (Å²) in [4.78, 5) is 24.0. The van der Waals surface area contributed by atoms with Crippen molar-refractivity contribution in [2.45, 2.75) is 47.0 Å². The second kappa shape index (κ2) is 7.08. The summed E-state index contributed by atoms with van der Waals surface area (Å²) >= 11 is 0. The van der Waals surface area contributed by atoms with E-state index in [9.17, 15) is 9.59 Å². The fourth-order valence-electron chi connectivity index (χ4n) is 3.53. The second-order valence-electron chi connectivity index (χ2n) is 7.06. The average Bonchev–Trinajstić information content (AvgIpc) is 2.47. The van der Waals surface area contributed by atoms with Gasteiger partial charge in [0.2, 0.25) is 5.91 Å². The van der Waals surface area contributed by atoms with Crippen molar-refractivity contribution in [1.82, 2.24) is 0 Å². The Morgan fingerprint density at radius 1 is 1.14 bits per heavy atom. The minimum atomic E-state index is 0.0406. The highest BCUT2D eigenvalue weighted by atomic mass is 16.2. The first-order valence-electron chi connectivity index (χ1n) is 8.30. The number of nitrogens with one attached hydrogen (secondary N) is 1. The van der Waals surface area contributed by atoms with Crippen molar-refractivity contribution in [1.29, 1.82) is 0 Å². The molecular formula is C19H27NO2. The SMILES string of the molecule is CC(=O)c1ccc(NC(=O)[C@@H]2C[C@H](C)CC[C@H]2C(C)C)cc1. The Hall–Kier alpha value is -1.64. The highest BCUT2D eigenvalue weighted by molar-refractivity contribution is 5.96. The van der Waals surface area contributed by atoms with Crippen molar-refractivity contribution < 1.29 is 9.59 Å². The zero-order valence-electron chi connectivity index (χ0n) is 14.1. The maximum Gasteiger partial charge on any atom is 0.227 e. The molecule has 120 valence electrons. The third kappa shape index (κ3) is 3.96. The molecule has 1 N–H and O–H groups in total. The van der Waals surface area contributed by atoms with Crippen LogP contribution in [0.15, 0.2) is 24.3 Å². The van der Waals surface area contributed by atoms with E-state index in [1.807, 2.05) is 12.1 Å². The van der Waals surface area contributed by atoms with Crippen LogP contribution in [0.3, 0.4) is 0 Å². The zero-order chi connectivity index (χ0) is 16.3. The molecule has 0 bridgehead atoms. The van der Waals surface area contributed by atoms with Crippen molar-refractivity contribution in [3.8, 4) is 0 Å². The van der Waals surface area contributed by atoms with Gasteiger partial charge in [-0.2, -0.15) is 0 Å². The standard InChI is InChI=1S/C19H27NO2/c1-12(2)17-10-5-13(3)11-18(17)19(22)20-16-8-6-15(7-9-16)14(4)21/h6-9,12-13,17-18H,5,10-11H2,1-4H3,(H,20,22)/t13-,17+,18-/m1/s1. The molecule has 0 unspecified atom stereocenters. The normalized spacial score (nSPS) is 25.0. The third-order valence-electron chi connectivity index (χ3n) is 4.92. The van der Waals surface area contributed by atoms with Gasteiger partial charge in [-0.3, -0.25) is 9.59 Å². The number of carbonyl (C=O) groups excluding carboxylic acids is 2. The smallest absolute Gasteiger partial charge is 0.227 e. The highest BCUT2D eigenvalue weighted by Gasteiger charge is 2.35. The summed E-state index contributed by atoms with van der Waals surface area (Å²) in [5.41, 5.74) is 1.44. The molecule has 3 nitrogen and oxygen atoms in total. The predicted molar refractivity (Wildman–Crippen MR) is 89.9 cm³/mol. The van der Waals surface area contributed by atoms with Gasteiger partial charge in [0.25, 0.3) is 0 Å². The van der Waals surface area contributed by atoms with E-state index in [-0.39, 0.29) is 17.6 Å². The lowest BCUT2D eigenvalue weighted by Gasteiger charge is -2.36. The van der Waals surface area contributed by atoms with E-state index in [4.69, 9.17) is 0 Å². The number of benzene rings is 1. The van der Waals surface area contributed by atoms with Crippen molar-refractivity contribution in [3.63, 3.8) is 0 Å². The van der Waals surface area contributed by atoms with Crippen molar-refractivity contribution in [2.24, 2.45) is 23.7 Å². The van der Waals surface area contributed by atoms with E-state index in [1.54, 1.807) is 19.1 Å². The van der Waals surface area contributed by atoms with Gasteiger partial charge in [0.1, 0.15) is 0 Å². The lowest BCUT2D eigenvalue weighted by atomic mass is 9.70. The van der Waals surface area contributed by atoms with Crippen LogP contribution in [-0.2, 0) is 4.79 Å². The minimum absolute atomic E-state index is 0.0406. The quantitative estimate of drug-likeness (QED) is 0.830. The van der Waals surface area contributed by atoms with Crippen LogP contribution in [0.25, 0.3) is 0 Å². The molecule has 1 amide bonds. The molecule has 0 saturated heterocycles. The minimum Gasteiger partial charge on any atom is -0.326 e. The van der Waals surface area contributed by atoms with Gasteiger partial charge in [0.05, 0.1) is 0 Å². The lowest BCUT2D eigenvalue weighted by molar-refractivity contribution is -0.123. The molecule has 3 heteroatoms. The van der Waals surface area contributed by atoms with Gasteiger partial charge >= 0.3 is 0 Å². The maximum absolute atomic E-state index is 12.7. The Kier molecular flexibility index (Phi) is 5.38.